The van der Waals surface area contributed by atoms with Crippen LogP contribution >= 0.6 is 0 Å². The van der Waals surface area contributed by atoms with Crippen molar-refractivity contribution in [2.24, 2.45) is 5.73 Å². The quantitative estimate of drug-likeness (QED) is 0.746. The van der Waals surface area contributed by atoms with E-state index >= 15 is 0 Å². The largest absolute Gasteiger partial charge is 0.329 e. The van der Waals surface area contributed by atoms with E-state index in [-0.39, 0.29) is 0 Å². The van der Waals surface area contributed by atoms with E-state index in [9.17, 15) is 8.42 Å². The maximum absolute atomic E-state index is 12.2. The van der Waals surface area contributed by atoms with E-state index in [1.807, 2.05) is 20.8 Å². The van der Waals surface area contributed by atoms with Gasteiger partial charge in [-0.15, -0.1) is 0 Å². The smallest absolute Gasteiger partial charge is 0.280 e. The second-order valence-electron chi connectivity index (χ2n) is 6.09. The lowest BCUT2D eigenvalue weighted by Crippen LogP contribution is -2.57. The zero-order chi connectivity index (χ0) is 14.7. The Morgan fingerprint density at radius 3 is 2.11 bits per heavy atom. The maximum Gasteiger partial charge on any atom is 0.280 e. The minimum absolute atomic E-state index is 0.362. The lowest BCUT2D eigenvalue weighted by Gasteiger charge is -2.38. The van der Waals surface area contributed by atoms with E-state index < -0.39 is 15.7 Å². The number of hydrogen-bond acceptors (Lipinski definition) is 4. The molecule has 7 heteroatoms. The van der Waals surface area contributed by atoms with E-state index in [1.165, 1.54) is 4.31 Å². The number of rotatable bonds is 5. The van der Waals surface area contributed by atoms with E-state index in [4.69, 9.17) is 5.73 Å². The fourth-order valence-corrected chi connectivity index (χ4v) is 3.88. The van der Waals surface area contributed by atoms with Gasteiger partial charge in [0, 0.05) is 44.3 Å². The van der Waals surface area contributed by atoms with Gasteiger partial charge in [0.1, 0.15) is 0 Å². The predicted octanol–water partition coefficient (Wildman–Crippen LogP) is -0.0258. The Kier molecular flexibility index (Phi) is 5.76. The minimum Gasteiger partial charge on any atom is -0.329 e. The average Bonchev–Trinajstić information content (AvgIpc) is 2.28. The average molecular weight is 292 g/mol. The van der Waals surface area contributed by atoms with Crippen molar-refractivity contribution < 1.29 is 8.42 Å². The Morgan fingerprint density at radius 1 is 1.21 bits per heavy atom. The van der Waals surface area contributed by atoms with Crippen LogP contribution in [0.15, 0.2) is 0 Å². The fourth-order valence-electron chi connectivity index (χ4n) is 2.33. The SMILES string of the molecule is CCC(CN)N1CCN(S(=O)(=O)NC(C)(C)C)CC1. The molecule has 0 aromatic heterocycles. The highest BCUT2D eigenvalue weighted by molar-refractivity contribution is 7.87. The topological polar surface area (TPSA) is 78.7 Å². The highest BCUT2D eigenvalue weighted by atomic mass is 32.2. The molecule has 0 spiro atoms. The van der Waals surface area contributed by atoms with Gasteiger partial charge in [0.15, 0.2) is 0 Å². The lowest BCUT2D eigenvalue weighted by atomic mass is 10.1. The van der Waals surface area contributed by atoms with Crippen molar-refractivity contribution >= 4 is 10.2 Å². The molecule has 6 nitrogen and oxygen atoms in total. The zero-order valence-electron chi connectivity index (χ0n) is 12.5. The number of hydrogen-bond donors (Lipinski definition) is 2. The first-order valence-corrected chi connectivity index (χ1v) is 8.37. The molecule has 0 radical (unpaired) electrons. The molecule has 0 amide bonds. The summed E-state index contributed by atoms with van der Waals surface area (Å²) in [6.07, 6.45) is 1.00. The molecule has 0 aromatic rings. The van der Waals surface area contributed by atoms with Gasteiger partial charge in [0.05, 0.1) is 0 Å². The van der Waals surface area contributed by atoms with Crippen molar-refractivity contribution in [1.82, 2.24) is 13.9 Å². The summed E-state index contributed by atoms with van der Waals surface area (Å²) in [4.78, 5) is 2.28. The third kappa shape index (κ3) is 5.00. The van der Waals surface area contributed by atoms with Crippen molar-refractivity contribution in [2.45, 2.75) is 45.7 Å². The van der Waals surface area contributed by atoms with Crippen LogP contribution in [0.1, 0.15) is 34.1 Å². The summed E-state index contributed by atoms with van der Waals surface area (Å²) < 4.78 is 28.6. The van der Waals surface area contributed by atoms with Gasteiger partial charge >= 0.3 is 0 Å². The van der Waals surface area contributed by atoms with Crippen LogP contribution in [0, 0.1) is 0 Å². The lowest BCUT2D eigenvalue weighted by molar-refractivity contribution is 0.136. The van der Waals surface area contributed by atoms with E-state index in [1.54, 1.807) is 0 Å². The van der Waals surface area contributed by atoms with Gasteiger partial charge in [0.25, 0.3) is 10.2 Å². The van der Waals surface area contributed by atoms with Crippen molar-refractivity contribution in [3.63, 3.8) is 0 Å². The summed E-state index contributed by atoms with van der Waals surface area (Å²) >= 11 is 0. The van der Waals surface area contributed by atoms with Gasteiger partial charge in [-0.3, -0.25) is 4.90 Å². The van der Waals surface area contributed by atoms with Crippen LogP contribution in [0.5, 0.6) is 0 Å². The Hall–Kier alpha value is -0.210. The number of nitrogens with two attached hydrogens (primary N) is 1. The van der Waals surface area contributed by atoms with E-state index in [2.05, 4.69) is 16.5 Å². The molecule has 3 N–H and O–H groups in total. The van der Waals surface area contributed by atoms with Crippen molar-refractivity contribution in [3.8, 4) is 0 Å². The van der Waals surface area contributed by atoms with Crippen LogP contribution in [0.3, 0.4) is 0 Å². The molecule has 1 fully saturated rings. The Labute approximate surface area is 117 Å². The predicted molar refractivity (Wildman–Crippen MR) is 78.1 cm³/mol. The summed E-state index contributed by atoms with van der Waals surface area (Å²) in [5, 5.41) is 0. The van der Waals surface area contributed by atoms with Gasteiger partial charge in [-0.05, 0) is 27.2 Å². The number of nitrogens with zero attached hydrogens (tertiary/aromatic N) is 2. The molecule has 1 aliphatic rings. The molecule has 19 heavy (non-hydrogen) atoms. The van der Waals surface area contributed by atoms with Gasteiger partial charge in [-0.1, -0.05) is 6.92 Å². The number of piperazine rings is 1. The second kappa shape index (κ2) is 6.49. The first-order chi connectivity index (χ1) is 8.69. The van der Waals surface area contributed by atoms with Crippen molar-refractivity contribution in [3.05, 3.63) is 0 Å². The molecule has 0 aromatic carbocycles. The molecule has 1 atom stereocenters. The van der Waals surface area contributed by atoms with Crippen LogP contribution in [-0.2, 0) is 10.2 Å². The van der Waals surface area contributed by atoms with Gasteiger partial charge in [-0.2, -0.15) is 17.4 Å². The van der Waals surface area contributed by atoms with Crippen molar-refractivity contribution in [2.75, 3.05) is 32.7 Å². The van der Waals surface area contributed by atoms with Crippen LogP contribution in [0.2, 0.25) is 0 Å². The van der Waals surface area contributed by atoms with Crippen LogP contribution in [0.25, 0.3) is 0 Å². The maximum atomic E-state index is 12.2. The molecule has 1 aliphatic heterocycles. The highest BCUT2D eigenvalue weighted by Gasteiger charge is 2.31. The summed E-state index contributed by atoms with van der Waals surface area (Å²) in [5.74, 6) is 0. The van der Waals surface area contributed by atoms with Crippen LogP contribution in [0.4, 0.5) is 0 Å². The number of nitrogens with one attached hydrogen (secondary N) is 1. The molecular formula is C12H28N4O2S. The third-order valence-electron chi connectivity index (χ3n) is 3.31. The van der Waals surface area contributed by atoms with Gasteiger partial charge in [0.2, 0.25) is 0 Å². The highest BCUT2D eigenvalue weighted by Crippen LogP contribution is 2.13. The Bertz CT molecular complexity index is 366. The van der Waals surface area contributed by atoms with Crippen molar-refractivity contribution in [1.29, 1.82) is 0 Å². The zero-order valence-corrected chi connectivity index (χ0v) is 13.3. The fraction of sp³-hybridized carbons (Fsp3) is 1.00. The molecule has 1 rings (SSSR count). The standard InChI is InChI=1S/C12H28N4O2S/c1-5-11(10-13)15-6-8-16(9-7-15)19(17,18)14-12(2,3)4/h11,14H,5-10,13H2,1-4H3. The van der Waals surface area contributed by atoms with Crippen LogP contribution < -0.4 is 10.5 Å². The molecule has 1 unspecified atom stereocenters. The monoisotopic (exact) mass is 292 g/mol. The Morgan fingerprint density at radius 2 is 1.74 bits per heavy atom. The second-order valence-corrected chi connectivity index (χ2v) is 7.76. The third-order valence-corrected chi connectivity index (χ3v) is 5.22. The molecule has 0 bridgehead atoms. The molecular weight excluding hydrogens is 264 g/mol. The minimum atomic E-state index is -3.38. The van der Waals surface area contributed by atoms with Gasteiger partial charge in [-0.25, -0.2) is 0 Å². The molecule has 1 saturated heterocycles. The first kappa shape index (κ1) is 16.8. The molecule has 0 aliphatic carbocycles. The summed E-state index contributed by atoms with van der Waals surface area (Å²) in [5.41, 5.74) is 5.29. The summed E-state index contributed by atoms with van der Waals surface area (Å²) in [7, 11) is -3.38. The molecule has 114 valence electrons. The first-order valence-electron chi connectivity index (χ1n) is 6.92. The Balaban J connectivity index is 2.58. The summed E-state index contributed by atoms with van der Waals surface area (Å²) in [6.45, 7) is 10.9. The molecule has 0 saturated carbocycles. The normalized spacial score (nSPS) is 21.5. The van der Waals surface area contributed by atoms with Gasteiger partial charge < -0.3 is 5.73 Å². The van der Waals surface area contributed by atoms with E-state index in [0.29, 0.717) is 25.7 Å². The summed E-state index contributed by atoms with van der Waals surface area (Å²) in [6, 6.07) is 0.362. The molecule has 1 heterocycles. The van der Waals surface area contributed by atoms with E-state index in [0.717, 1.165) is 19.5 Å². The van der Waals surface area contributed by atoms with Crippen LogP contribution in [-0.4, -0.2) is 61.9 Å².